The first-order valence-electron chi connectivity index (χ1n) is 5.65. The van der Waals surface area contributed by atoms with Crippen molar-refractivity contribution in [2.24, 2.45) is 0 Å². The first-order chi connectivity index (χ1) is 8.60. The molecule has 0 bridgehead atoms. The molecule has 5 nitrogen and oxygen atoms in total. The number of nitrogens with zero attached hydrogens (tertiary/aromatic N) is 2. The number of hydrogen-bond donors (Lipinski definition) is 2. The second kappa shape index (κ2) is 8.46. The highest BCUT2D eigenvalue weighted by molar-refractivity contribution is 9.10. The van der Waals surface area contributed by atoms with Gasteiger partial charge in [0.25, 0.3) is 5.89 Å². The quantitative estimate of drug-likeness (QED) is 0.793. The van der Waals surface area contributed by atoms with E-state index in [9.17, 15) is 0 Å². The third-order valence-corrected chi connectivity index (χ3v) is 3.19. The van der Waals surface area contributed by atoms with Gasteiger partial charge in [-0.1, -0.05) is 21.1 Å². The van der Waals surface area contributed by atoms with E-state index in [4.69, 9.17) is 10.3 Å². The molecule has 0 saturated heterocycles. The van der Waals surface area contributed by atoms with Crippen LogP contribution in [0.3, 0.4) is 0 Å². The Labute approximate surface area is 138 Å². The Morgan fingerprint density at radius 2 is 2.10 bits per heavy atom. The molecule has 1 aromatic heterocycles. The predicted molar refractivity (Wildman–Crippen MR) is 88.6 cm³/mol. The monoisotopic (exact) mass is 382 g/mol. The fourth-order valence-corrected chi connectivity index (χ4v) is 1.93. The van der Waals surface area contributed by atoms with Gasteiger partial charge in [0.2, 0.25) is 0 Å². The van der Waals surface area contributed by atoms with E-state index in [2.05, 4.69) is 38.3 Å². The third-order valence-electron chi connectivity index (χ3n) is 2.69. The fourth-order valence-electron chi connectivity index (χ4n) is 1.55. The maximum atomic E-state index is 5.92. The van der Waals surface area contributed by atoms with Crippen LogP contribution in [0.25, 0.3) is 11.5 Å². The number of nitrogen functional groups attached to an aromatic ring is 1. The summed E-state index contributed by atoms with van der Waals surface area (Å²) in [5, 5.41) is 7.08. The summed E-state index contributed by atoms with van der Waals surface area (Å²) in [6, 6.07) is 5.87. The maximum absolute atomic E-state index is 5.92. The van der Waals surface area contributed by atoms with Crippen LogP contribution in [0, 0.1) is 0 Å². The summed E-state index contributed by atoms with van der Waals surface area (Å²) >= 11 is 3.36. The second-order valence-corrected chi connectivity index (χ2v) is 5.06. The Morgan fingerprint density at radius 3 is 2.70 bits per heavy atom. The van der Waals surface area contributed by atoms with Gasteiger partial charge >= 0.3 is 0 Å². The summed E-state index contributed by atoms with van der Waals surface area (Å²) in [6.45, 7) is 2.06. The molecule has 1 atom stereocenters. The number of halogens is 3. The molecule has 0 aliphatic heterocycles. The summed E-state index contributed by atoms with van der Waals surface area (Å²) in [4.78, 5) is 4.35. The van der Waals surface area contributed by atoms with Gasteiger partial charge < -0.3 is 15.6 Å². The first-order valence-corrected chi connectivity index (χ1v) is 6.44. The van der Waals surface area contributed by atoms with Crippen LogP contribution in [0.2, 0.25) is 0 Å². The van der Waals surface area contributed by atoms with Crippen LogP contribution in [0.1, 0.15) is 12.7 Å². The van der Waals surface area contributed by atoms with Gasteiger partial charge in [0.05, 0.1) is 5.56 Å². The van der Waals surface area contributed by atoms with Crippen molar-refractivity contribution in [2.75, 3.05) is 12.8 Å². The Bertz CT molecular complexity index is 550. The molecule has 1 heterocycles. The summed E-state index contributed by atoms with van der Waals surface area (Å²) < 4.78 is 6.16. The highest BCUT2D eigenvalue weighted by Gasteiger charge is 2.13. The zero-order valence-corrected chi connectivity index (χ0v) is 14.3. The van der Waals surface area contributed by atoms with E-state index in [0.29, 0.717) is 23.4 Å². The van der Waals surface area contributed by atoms with Gasteiger partial charge in [-0.05, 0) is 32.2 Å². The maximum Gasteiger partial charge on any atom is 0.260 e. The number of hydrogen-bond acceptors (Lipinski definition) is 5. The standard InChI is InChI=1S/C12H15BrN4O.2ClH/c1-7(15-2)5-11-16-12(18-17-11)9-4-3-8(13)6-10(9)14;;/h3-4,6-7,15H,5,14H2,1-2H3;2*1H. The molecule has 2 rings (SSSR count). The fraction of sp³-hybridized carbons (Fsp3) is 0.333. The largest absolute Gasteiger partial charge is 0.398 e. The average molecular weight is 384 g/mol. The van der Waals surface area contributed by atoms with Crippen LogP contribution in [0.15, 0.2) is 27.2 Å². The van der Waals surface area contributed by atoms with Crippen molar-refractivity contribution in [3.05, 3.63) is 28.5 Å². The summed E-state index contributed by atoms with van der Waals surface area (Å²) in [5.41, 5.74) is 7.29. The Balaban J connectivity index is 0.00000180. The number of anilines is 1. The Kier molecular flexibility index (Phi) is 8.12. The highest BCUT2D eigenvalue weighted by atomic mass is 79.9. The second-order valence-electron chi connectivity index (χ2n) is 4.14. The molecule has 3 N–H and O–H groups in total. The Hall–Kier alpha value is -0.820. The molecule has 20 heavy (non-hydrogen) atoms. The van der Waals surface area contributed by atoms with Crippen molar-refractivity contribution in [3.8, 4) is 11.5 Å². The van der Waals surface area contributed by atoms with Crippen LogP contribution in [-0.2, 0) is 6.42 Å². The summed E-state index contributed by atoms with van der Waals surface area (Å²) in [5.74, 6) is 1.13. The third kappa shape index (κ3) is 4.63. The number of nitrogens with two attached hydrogens (primary N) is 1. The van der Waals surface area contributed by atoms with Crippen molar-refractivity contribution in [2.45, 2.75) is 19.4 Å². The minimum atomic E-state index is 0. The van der Waals surface area contributed by atoms with Crippen molar-refractivity contribution < 1.29 is 4.52 Å². The molecule has 1 unspecified atom stereocenters. The lowest BCUT2D eigenvalue weighted by atomic mass is 10.2. The lowest BCUT2D eigenvalue weighted by molar-refractivity contribution is 0.418. The summed E-state index contributed by atoms with van der Waals surface area (Å²) in [7, 11) is 1.90. The van der Waals surface area contributed by atoms with Crippen LogP contribution in [0.4, 0.5) is 5.69 Å². The van der Waals surface area contributed by atoms with Crippen LogP contribution >= 0.6 is 40.7 Å². The van der Waals surface area contributed by atoms with E-state index in [-0.39, 0.29) is 24.8 Å². The first kappa shape index (κ1) is 19.2. The van der Waals surface area contributed by atoms with Crippen molar-refractivity contribution in [1.29, 1.82) is 0 Å². The van der Waals surface area contributed by atoms with Crippen LogP contribution < -0.4 is 11.1 Å². The number of benzene rings is 1. The average Bonchev–Trinajstić information content (AvgIpc) is 2.77. The van der Waals surface area contributed by atoms with Gasteiger partial charge in [0, 0.05) is 22.6 Å². The van der Waals surface area contributed by atoms with Gasteiger partial charge in [-0.3, -0.25) is 0 Å². The normalized spacial score (nSPS) is 11.3. The number of aromatic nitrogens is 2. The topological polar surface area (TPSA) is 77.0 Å². The molecular weight excluding hydrogens is 367 g/mol. The van der Waals surface area contributed by atoms with Crippen LogP contribution in [-0.4, -0.2) is 23.2 Å². The van der Waals surface area contributed by atoms with Crippen molar-refractivity contribution >= 4 is 46.4 Å². The van der Waals surface area contributed by atoms with Crippen molar-refractivity contribution in [3.63, 3.8) is 0 Å². The lowest BCUT2D eigenvalue weighted by Gasteiger charge is -2.04. The molecule has 0 aliphatic rings. The molecular formula is C12H17BrCl2N4O. The minimum Gasteiger partial charge on any atom is -0.398 e. The molecule has 1 aromatic carbocycles. The van der Waals surface area contributed by atoms with Crippen LogP contribution in [0.5, 0.6) is 0 Å². The molecule has 0 spiro atoms. The van der Waals surface area contributed by atoms with E-state index in [1.807, 2.05) is 25.2 Å². The van der Waals surface area contributed by atoms with Gasteiger partial charge in [0.15, 0.2) is 5.82 Å². The molecule has 0 amide bonds. The van der Waals surface area contributed by atoms with Gasteiger partial charge in [-0.15, -0.1) is 24.8 Å². The number of rotatable bonds is 4. The predicted octanol–water partition coefficient (Wildman–Crippen LogP) is 3.08. The van der Waals surface area contributed by atoms with Gasteiger partial charge in [-0.2, -0.15) is 4.98 Å². The van der Waals surface area contributed by atoms with E-state index < -0.39 is 0 Å². The van der Waals surface area contributed by atoms with E-state index in [0.717, 1.165) is 16.5 Å². The van der Waals surface area contributed by atoms with Crippen molar-refractivity contribution in [1.82, 2.24) is 15.5 Å². The summed E-state index contributed by atoms with van der Waals surface area (Å²) in [6.07, 6.45) is 0.719. The zero-order valence-electron chi connectivity index (χ0n) is 11.1. The highest BCUT2D eigenvalue weighted by Crippen LogP contribution is 2.27. The van der Waals surface area contributed by atoms with E-state index in [1.54, 1.807) is 0 Å². The molecule has 112 valence electrons. The number of likely N-dealkylation sites (N-methyl/N-ethyl adjacent to an activating group) is 1. The molecule has 2 aromatic rings. The van der Waals surface area contributed by atoms with Gasteiger partial charge in [0.1, 0.15) is 0 Å². The zero-order chi connectivity index (χ0) is 13.1. The molecule has 0 radical (unpaired) electrons. The molecule has 0 fully saturated rings. The molecule has 0 aliphatic carbocycles. The minimum absolute atomic E-state index is 0. The SMILES string of the molecule is CNC(C)Cc1noc(-c2ccc(Br)cc2N)n1.Cl.Cl. The lowest BCUT2D eigenvalue weighted by Crippen LogP contribution is -2.24. The van der Waals surface area contributed by atoms with E-state index in [1.165, 1.54) is 0 Å². The number of nitrogens with one attached hydrogen (secondary N) is 1. The smallest absolute Gasteiger partial charge is 0.260 e. The Morgan fingerprint density at radius 1 is 1.40 bits per heavy atom. The molecule has 8 heteroatoms. The van der Waals surface area contributed by atoms with E-state index >= 15 is 0 Å². The molecule has 0 saturated carbocycles. The van der Waals surface area contributed by atoms with Gasteiger partial charge in [-0.25, -0.2) is 0 Å².